The summed E-state index contributed by atoms with van der Waals surface area (Å²) in [6, 6.07) is 9.99. The normalized spacial score (nSPS) is 27.9. The van der Waals surface area contributed by atoms with Crippen LogP contribution in [0.25, 0.3) is 0 Å². The van der Waals surface area contributed by atoms with Crippen LogP contribution in [0, 0.1) is 0 Å². The summed E-state index contributed by atoms with van der Waals surface area (Å²) >= 11 is 0. The van der Waals surface area contributed by atoms with Gasteiger partial charge in [-0.15, -0.1) is 0 Å². The molecule has 0 spiro atoms. The van der Waals surface area contributed by atoms with Gasteiger partial charge < -0.3 is 0 Å². The van der Waals surface area contributed by atoms with Crippen molar-refractivity contribution in [3.8, 4) is 0 Å². The van der Waals surface area contributed by atoms with Crippen molar-refractivity contribution in [2.24, 2.45) is 0 Å². The Morgan fingerprint density at radius 2 is 1.42 bits per heavy atom. The molecule has 2 rings (SSSR count). The zero-order chi connectivity index (χ0) is 14.6. The summed E-state index contributed by atoms with van der Waals surface area (Å²) in [6.07, 6.45) is 0.463. The van der Waals surface area contributed by atoms with Crippen molar-refractivity contribution in [3.05, 3.63) is 35.9 Å². The SMILES string of the molecule is CC(C)(C)P1(F)(C(C)(C)C)CC(c2ccccc2)O1. The average Bonchev–Trinajstić information content (AvgIpc) is 2.22. The number of hydrogen-bond acceptors (Lipinski definition) is 1. The minimum atomic E-state index is -3.68. The second-order valence-corrected chi connectivity index (χ2v) is 13.1. The van der Waals surface area contributed by atoms with Gasteiger partial charge in [0.05, 0.1) is 0 Å². The summed E-state index contributed by atoms with van der Waals surface area (Å²) in [5.41, 5.74) is 1.09. The van der Waals surface area contributed by atoms with Gasteiger partial charge in [0.1, 0.15) is 0 Å². The molecule has 0 aliphatic carbocycles. The van der Waals surface area contributed by atoms with E-state index in [1.165, 1.54) is 0 Å². The Bertz CT molecular complexity index is 446. The minimum absolute atomic E-state index is 0.0812. The van der Waals surface area contributed by atoms with Crippen LogP contribution < -0.4 is 0 Å². The molecule has 0 N–H and O–H groups in total. The zero-order valence-electron chi connectivity index (χ0n) is 12.9. The number of rotatable bonds is 1. The van der Waals surface area contributed by atoms with E-state index in [1.807, 2.05) is 71.9 Å². The van der Waals surface area contributed by atoms with Crippen LogP contribution in [0.5, 0.6) is 0 Å². The summed E-state index contributed by atoms with van der Waals surface area (Å²) in [5.74, 6) is 0. The van der Waals surface area contributed by atoms with Crippen LogP contribution in [0.2, 0.25) is 0 Å². The van der Waals surface area contributed by atoms with Crippen molar-refractivity contribution >= 4 is 7.14 Å². The van der Waals surface area contributed by atoms with Crippen molar-refractivity contribution in [2.75, 3.05) is 6.16 Å². The third-order valence-corrected chi connectivity index (χ3v) is 11.7. The van der Waals surface area contributed by atoms with Crippen LogP contribution in [0.1, 0.15) is 53.2 Å². The number of hydrogen-bond donors (Lipinski definition) is 0. The van der Waals surface area contributed by atoms with E-state index in [2.05, 4.69) is 0 Å². The summed E-state index contributed by atoms with van der Waals surface area (Å²) in [7, 11) is -3.68. The van der Waals surface area contributed by atoms with Crippen LogP contribution in [0.15, 0.2) is 30.3 Å². The molecule has 1 fully saturated rings. The molecule has 1 aliphatic rings. The fourth-order valence-corrected chi connectivity index (χ4v) is 8.44. The molecule has 0 radical (unpaired) electrons. The molecule has 1 unspecified atom stereocenters. The summed E-state index contributed by atoms with van der Waals surface area (Å²) in [6.45, 7) is 11.9. The number of halogens is 1. The molecule has 0 aromatic heterocycles. The van der Waals surface area contributed by atoms with Crippen LogP contribution in [0.3, 0.4) is 0 Å². The molecular weight excluding hydrogens is 258 g/mol. The maximum atomic E-state index is 16.2. The van der Waals surface area contributed by atoms with Crippen molar-refractivity contribution in [1.29, 1.82) is 0 Å². The van der Waals surface area contributed by atoms with Gasteiger partial charge in [0.2, 0.25) is 0 Å². The summed E-state index contributed by atoms with van der Waals surface area (Å²) < 4.78 is 22.2. The first-order chi connectivity index (χ1) is 8.49. The Morgan fingerprint density at radius 1 is 1.00 bits per heavy atom. The first kappa shape index (κ1) is 14.9. The standard InChI is InChI=1S/C16H26FOP/c1-15(2,3)19(17,16(4,5)6)12-14(18-19)13-10-8-7-9-11-13/h7-11,14H,12H2,1-6H3. The van der Waals surface area contributed by atoms with Gasteiger partial charge in [0, 0.05) is 0 Å². The van der Waals surface area contributed by atoms with Gasteiger partial charge in [0.15, 0.2) is 0 Å². The monoisotopic (exact) mass is 284 g/mol. The van der Waals surface area contributed by atoms with Crippen molar-refractivity contribution in [1.82, 2.24) is 0 Å². The topological polar surface area (TPSA) is 9.23 Å². The molecule has 19 heavy (non-hydrogen) atoms. The maximum absolute atomic E-state index is 16.2. The van der Waals surface area contributed by atoms with Gasteiger partial charge in [-0.1, -0.05) is 0 Å². The Morgan fingerprint density at radius 3 is 1.79 bits per heavy atom. The van der Waals surface area contributed by atoms with Crippen LogP contribution >= 0.6 is 7.14 Å². The molecule has 1 heterocycles. The Kier molecular flexibility index (Phi) is 3.16. The van der Waals surface area contributed by atoms with E-state index in [0.717, 1.165) is 5.56 Å². The quantitative estimate of drug-likeness (QED) is 0.600. The predicted octanol–water partition coefficient (Wildman–Crippen LogP) is 5.71. The van der Waals surface area contributed by atoms with E-state index in [0.29, 0.717) is 6.16 Å². The molecule has 0 bridgehead atoms. The van der Waals surface area contributed by atoms with E-state index in [-0.39, 0.29) is 6.10 Å². The van der Waals surface area contributed by atoms with E-state index in [4.69, 9.17) is 4.52 Å². The third-order valence-electron chi connectivity index (χ3n) is 4.68. The molecule has 1 aromatic carbocycles. The summed E-state index contributed by atoms with van der Waals surface area (Å²) in [5, 5.41) is -0.871. The molecule has 3 heteroatoms. The molecule has 1 aliphatic heterocycles. The number of benzene rings is 1. The first-order valence-corrected chi connectivity index (χ1v) is 9.19. The Balaban J connectivity index is 2.35. The second-order valence-electron chi connectivity index (χ2n) is 7.63. The molecule has 1 nitrogen and oxygen atoms in total. The van der Waals surface area contributed by atoms with Gasteiger partial charge in [-0.2, -0.15) is 0 Å². The molecule has 108 valence electrons. The first-order valence-electron chi connectivity index (χ1n) is 6.96. The predicted molar refractivity (Wildman–Crippen MR) is 82.7 cm³/mol. The van der Waals surface area contributed by atoms with E-state index >= 15 is 4.20 Å². The van der Waals surface area contributed by atoms with Gasteiger partial charge >= 0.3 is 116 Å². The van der Waals surface area contributed by atoms with Crippen molar-refractivity contribution in [3.63, 3.8) is 0 Å². The van der Waals surface area contributed by atoms with Gasteiger partial charge in [0.25, 0.3) is 0 Å². The molecular formula is C16H26FOP. The third kappa shape index (κ3) is 1.87. The fraction of sp³-hybridized carbons (Fsp3) is 0.625. The zero-order valence-corrected chi connectivity index (χ0v) is 13.8. The molecule has 1 aromatic rings. The van der Waals surface area contributed by atoms with E-state index < -0.39 is 17.5 Å². The van der Waals surface area contributed by atoms with Gasteiger partial charge in [-0.05, 0) is 0 Å². The molecule has 0 saturated carbocycles. The van der Waals surface area contributed by atoms with Crippen LogP contribution in [-0.4, -0.2) is 16.5 Å². The van der Waals surface area contributed by atoms with Gasteiger partial charge in [-0.25, -0.2) is 0 Å². The Hall–Kier alpha value is -0.460. The van der Waals surface area contributed by atoms with Crippen LogP contribution in [0.4, 0.5) is 4.20 Å². The second kappa shape index (κ2) is 4.02. The Labute approximate surface area is 116 Å². The van der Waals surface area contributed by atoms with E-state index in [9.17, 15) is 0 Å². The molecule has 1 atom stereocenters. The molecule has 0 amide bonds. The molecule has 1 saturated heterocycles. The van der Waals surface area contributed by atoms with Crippen LogP contribution in [-0.2, 0) is 4.52 Å². The average molecular weight is 284 g/mol. The fourth-order valence-electron chi connectivity index (χ4n) is 3.26. The van der Waals surface area contributed by atoms with Gasteiger partial charge in [-0.3, -0.25) is 0 Å². The van der Waals surface area contributed by atoms with E-state index in [1.54, 1.807) is 0 Å². The van der Waals surface area contributed by atoms with Crippen molar-refractivity contribution in [2.45, 2.75) is 58.0 Å². The van der Waals surface area contributed by atoms with Crippen molar-refractivity contribution < 1.29 is 8.72 Å². The summed E-state index contributed by atoms with van der Waals surface area (Å²) in [4.78, 5) is 0.